The third-order valence-corrected chi connectivity index (χ3v) is 3.86. The summed E-state index contributed by atoms with van der Waals surface area (Å²) < 4.78 is 39.0. The Morgan fingerprint density at radius 3 is 1.57 bits per heavy atom. The first-order valence-electron chi connectivity index (χ1n) is 9.41. The molecule has 163 valence electrons. The van der Waals surface area contributed by atoms with Crippen molar-refractivity contribution in [2.75, 3.05) is 26.2 Å². The summed E-state index contributed by atoms with van der Waals surface area (Å²) in [5, 5.41) is 8.28. The zero-order valence-corrected chi connectivity index (χ0v) is 17.3. The van der Waals surface area contributed by atoms with Crippen molar-refractivity contribution in [1.82, 2.24) is 5.32 Å². The van der Waals surface area contributed by atoms with E-state index in [1.807, 2.05) is 48.8 Å². The maximum absolute atomic E-state index is 9.75. The Hall–Kier alpha value is -2.18. The zero-order valence-electron chi connectivity index (χ0n) is 16.3. The molecule has 0 saturated carbocycles. The Bertz CT molecular complexity index is 750. The summed E-state index contributed by atoms with van der Waals surface area (Å²) in [6.07, 6.45) is 5.95. The summed E-state index contributed by atoms with van der Waals surface area (Å²) in [5.74, 6) is 0. The Kier molecular flexibility index (Phi) is 12.0. The van der Waals surface area contributed by atoms with Crippen LogP contribution >= 0.6 is 0 Å². The van der Waals surface area contributed by atoms with Crippen molar-refractivity contribution in [2.24, 2.45) is 9.98 Å². The number of benzene rings is 2. The number of fused-ring (bicyclic) bond motifs is 2. The fourth-order valence-corrected chi connectivity index (χ4v) is 2.57. The van der Waals surface area contributed by atoms with Gasteiger partial charge in [-0.3, -0.25) is 9.98 Å². The van der Waals surface area contributed by atoms with Gasteiger partial charge in [-0.25, -0.2) is 0 Å². The van der Waals surface area contributed by atoms with Crippen LogP contribution in [-0.2, 0) is 16.5 Å². The number of hydrogen-bond donors (Lipinski definition) is 1. The Morgan fingerprint density at radius 2 is 1.13 bits per heavy atom. The van der Waals surface area contributed by atoms with Gasteiger partial charge >= 0.3 is 23.7 Å². The van der Waals surface area contributed by atoms with E-state index in [2.05, 4.69) is 27.4 Å². The smallest absolute Gasteiger partial charge is 0.657 e. The molecular weight excluding hydrogens is 442 g/mol. The molecule has 0 bridgehead atoms. The second-order valence-electron chi connectivity index (χ2n) is 6.25. The monoisotopic (exact) mass is 464 g/mol. The summed E-state index contributed by atoms with van der Waals surface area (Å²) in [4.78, 5) is 9.09. The average molecular weight is 465 g/mol. The predicted molar refractivity (Wildman–Crippen MR) is 113 cm³/mol. The van der Waals surface area contributed by atoms with Crippen LogP contribution in [-0.4, -0.2) is 45.9 Å². The molecule has 0 spiro atoms. The van der Waals surface area contributed by atoms with Gasteiger partial charge in [-0.1, -0.05) is 48.5 Å². The van der Waals surface area contributed by atoms with E-state index in [0.29, 0.717) is 0 Å². The van der Waals surface area contributed by atoms with Gasteiger partial charge in [0.1, 0.15) is 0 Å². The Balaban J connectivity index is 0.000000674. The average Bonchev–Trinajstić information content (AvgIpc) is 2.66. The third kappa shape index (κ3) is 11.1. The first-order chi connectivity index (χ1) is 13.9. The van der Waals surface area contributed by atoms with Crippen LogP contribution in [0.5, 0.6) is 0 Å². The first-order valence-corrected chi connectivity index (χ1v) is 9.41. The van der Waals surface area contributed by atoms with Crippen LogP contribution < -0.4 is 5.32 Å². The third-order valence-electron chi connectivity index (χ3n) is 3.86. The van der Waals surface area contributed by atoms with Crippen LogP contribution in [0.1, 0.15) is 24.0 Å². The van der Waals surface area contributed by atoms with Crippen LogP contribution in [0, 0.1) is 0 Å². The molecule has 10 heteroatoms. The van der Waals surface area contributed by atoms with Gasteiger partial charge in [0.2, 0.25) is 0 Å². The van der Waals surface area contributed by atoms with Gasteiger partial charge < -0.3 is 27.9 Å². The summed E-state index contributed by atoms with van der Waals surface area (Å²) in [7, 11) is -6.00. The Labute approximate surface area is 184 Å². The minimum absolute atomic E-state index is 0. The molecule has 4 nitrogen and oxygen atoms in total. The molecule has 2 aromatic carbocycles. The number of rotatable bonds is 0. The first kappa shape index (κ1) is 25.9. The van der Waals surface area contributed by atoms with Crippen molar-refractivity contribution in [3.63, 3.8) is 0 Å². The van der Waals surface area contributed by atoms with Crippen molar-refractivity contribution in [2.45, 2.75) is 12.8 Å². The number of hydrogen-bond acceptors (Lipinski definition) is 3. The summed E-state index contributed by atoms with van der Waals surface area (Å²) in [5.41, 5.74) is 3.97. The van der Waals surface area contributed by atoms with E-state index in [1.54, 1.807) is 0 Å². The number of nitrogens with one attached hydrogen (secondary N) is 1. The van der Waals surface area contributed by atoms with Crippen molar-refractivity contribution in [3.8, 4) is 0 Å². The molecule has 0 aromatic heterocycles. The molecule has 0 atom stereocenters. The summed E-state index contributed by atoms with van der Waals surface area (Å²) >= 11 is 0. The molecule has 1 aliphatic heterocycles. The van der Waals surface area contributed by atoms with E-state index < -0.39 is 7.25 Å². The van der Waals surface area contributed by atoms with Crippen molar-refractivity contribution < 1.29 is 33.8 Å². The molecule has 1 radical (unpaired) electrons. The largest absolute Gasteiger partial charge is 3.00 e. The molecule has 0 aliphatic carbocycles. The van der Waals surface area contributed by atoms with Crippen molar-refractivity contribution >= 4 is 31.1 Å². The van der Waals surface area contributed by atoms with Crippen LogP contribution in [0.3, 0.4) is 0 Å². The fraction of sp³-hybridized carbons (Fsp3) is 0.300. The molecule has 0 amide bonds. The van der Waals surface area contributed by atoms with Crippen LogP contribution in [0.2, 0.25) is 0 Å². The van der Waals surface area contributed by atoms with Gasteiger partial charge in [-0.05, 0) is 37.1 Å². The van der Waals surface area contributed by atoms with Gasteiger partial charge in [0.25, 0.3) is 0 Å². The van der Waals surface area contributed by atoms with E-state index >= 15 is 0 Å². The van der Waals surface area contributed by atoms with Crippen LogP contribution in [0.15, 0.2) is 58.5 Å². The van der Waals surface area contributed by atoms with Crippen molar-refractivity contribution in [1.29, 1.82) is 0 Å². The molecular formula is C20H23BF4N4Ni+. The van der Waals surface area contributed by atoms with Gasteiger partial charge in [0, 0.05) is 25.5 Å². The summed E-state index contributed by atoms with van der Waals surface area (Å²) in [6, 6.07) is 16.2. The number of halogens is 4. The normalized spacial score (nSPS) is 14.8. The molecule has 3 rings (SSSR count). The second kappa shape index (κ2) is 13.9. The van der Waals surface area contributed by atoms with Gasteiger partial charge in [-0.2, -0.15) is 0 Å². The van der Waals surface area contributed by atoms with Crippen LogP contribution in [0.4, 0.5) is 28.6 Å². The van der Waals surface area contributed by atoms with E-state index in [4.69, 9.17) is 5.32 Å². The van der Waals surface area contributed by atoms with Crippen LogP contribution in [0.25, 0.3) is 5.32 Å². The minimum atomic E-state index is -6.00. The standard InChI is InChI=1S/C20H23N4.BF4.Ni/c1-3-9-19-17(7-1)15-22-13-5-11-21-12-6-14-23-16-18-8-2-4-10-20(18)24-19;2-1(3,4)5;/h1-4,7-10,15-16,21H,5-6,11-14H2;;/q2*-1;+3. The maximum atomic E-state index is 9.75. The molecule has 0 unspecified atom stereocenters. The molecule has 1 heterocycles. The van der Waals surface area contributed by atoms with Crippen molar-refractivity contribution in [3.05, 3.63) is 65.0 Å². The molecule has 30 heavy (non-hydrogen) atoms. The quantitative estimate of drug-likeness (QED) is 0.404. The van der Waals surface area contributed by atoms with E-state index in [-0.39, 0.29) is 16.5 Å². The molecule has 1 N–H and O–H groups in total. The van der Waals surface area contributed by atoms with E-state index in [1.165, 1.54) is 0 Å². The topological polar surface area (TPSA) is 50.9 Å². The minimum Gasteiger partial charge on any atom is -0.657 e. The maximum Gasteiger partial charge on any atom is 3.00 e. The zero-order chi connectivity index (χ0) is 21.0. The second-order valence-corrected chi connectivity index (χ2v) is 6.25. The van der Waals surface area contributed by atoms with Gasteiger partial charge in [0.05, 0.1) is 0 Å². The van der Waals surface area contributed by atoms with E-state index in [0.717, 1.165) is 61.5 Å². The number of aliphatic imine (C=N–C) groups is 2. The van der Waals surface area contributed by atoms with E-state index in [9.17, 15) is 17.3 Å². The predicted octanol–water partition coefficient (Wildman–Crippen LogP) is 5.54. The summed E-state index contributed by atoms with van der Waals surface area (Å²) in [6.45, 7) is 3.65. The molecule has 2 aromatic rings. The van der Waals surface area contributed by atoms with Gasteiger partial charge in [-0.15, -0.1) is 11.4 Å². The Morgan fingerprint density at radius 1 is 0.733 bits per heavy atom. The number of nitrogens with zero attached hydrogens (tertiary/aromatic N) is 3. The fourth-order valence-electron chi connectivity index (χ4n) is 2.57. The molecule has 0 fully saturated rings. The molecule has 0 saturated heterocycles. The number of para-hydroxylation sites is 2. The molecule has 1 aliphatic rings. The SMILES string of the molecule is C1=NCCCNCCCN=Cc2ccccc2[N-]c2ccccc21.F[B-](F)(F)F.[Ni+3]. The van der Waals surface area contributed by atoms with Gasteiger partial charge in [0.15, 0.2) is 0 Å².